The number of hydrogen-bond acceptors (Lipinski definition) is 5. The maximum absolute atomic E-state index is 12.5. The fourth-order valence-corrected chi connectivity index (χ4v) is 4.03. The molecular weight excluding hydrogens is 306 g/mol. The second-order valence-corrected chi connectivity index (χ2v) is 8.20. The fourth-order valence-electron chi connectivity index (χ4n) is 2.60. The molecule has 1 aromatic rings. The topological polar surface area (TPSA) is 83.7 Å². The Kier molecular flexibility index (Phi) is 5.23. The smallest absolute Gasteiger partial charge is 0.276 e. The summed E-state index contributed by atoms with van der Waals surface area (Å²) in [6.45, 7) is 2.77. The Balaban J connectivity index is 2.10. The number of sulfonamides is 1. The molecule has 8 heteroatoms. The van der Waals surface area contributed by atoms with E-state index in [0.29, 0.717) is 25.1 Å². The highest BCUT2D eigenvalue weighted by Gasteiger charge is 2.34. The van der Waals surface area contributed by atoms with Crippen LogP contribution in [0, 0.1) is 0 Å². The lowest BCUT2D eigenvalue weighted by atomic mass is 10.1. The first-order valence-corrected chi connectivity index (χ1v) is 9.02. The Labute approximate surface area is 131 Å². The molecular formula is C14H23N3O4S. The van der Waals surface area contributed by atoms with E-state index in [-0.39, 0.29) is 18.1 Å². The molecule has 0 bridgehead atoms. The Bertz CT molecular complexity index is 624. The summed E-state index contributed by atoms with van der Waals surface area (Å²) in [5.41, 5.74) is 0.256. The van der Waals surface area contributed by atoms with Gasteiger partial charge in [-0.3, -0.25) is 4.79 Å². The van der Waals surface area contributed by atoms with Crippen LogP contribution in [0.5, 0.6) is 0 Å². The highest BCUT2D eigenvalue weighted by molar-refractivity contribution is 7.89. The first-order valence-electron chi connectivity index (χ1n) is 7.52. The first-order chi connectivity index (χ1) is 10.4. The van der Waals surface area contributed by atoms with E-state index in [0.717, 1.165) is 12.8 Å². The number of hydrogen-bond donors (Lipinski definition) is 0. The van der Waals surface area contributed by atoms with Crippen molar-refractivity contribution in [2.45, 2.75) is 37.9 Å². The van der Waals surface area contributed by atoms with Gasteiger partial charge < -0.3 is 9.42 Å². The maximum atomic E-state index is 12.5. The minimum atomic E-state index is -3.36. The van der Waals surface area contributed by atoms with E-state index in [1.807, 2.05) is 6.92 Å². The lowest BCUT2D eigenvalue weighted by Gasteiger charge is -2.33. The van der Waals surface area contributed by atoms with E-state index in [2.05, 4.69) is 5.16 Å². The van der Waals surface area contributed by atoms with E-state index in [4.69, 9.17) is 4.52 Å². The molecule has 0 aromatic carbocycles. The van der Waals surface area contributed by atoms with Crippen molar-refractivity contribution in [3.63, 3.8) is 0 Å². The Morgan fingerprint density at radius 2 is 2.23 bits per heavy atom. The molecule has 0 aliphatic carbocycles. The first kappa shape index (κ1) is 17.0. The SMILES string of the molecule is CCCc1cc(C(=O)N2CCC[C@@H](S(=O)(=O)N(C)C)C2)no1. The van der Waals surface area contributed by atoms with Gasteiger partial charge in [0, 0.05) is 39.7 Å². The van der Waals surface area contributed by atoms with Crippen molar-refractivity contribution in [1.82, 2.24) is 14.4 Å². The maximum Gasteiger partial charge on any atom is 0.276 e. The standard InChI is InChI=1S/C14H23N3O4S/c1-4-6-11-9-13(15-21-11)14(18)17-8-5-7-12(10-17)22(19,20)16(2)3/h9,12H,4-8,10H2,1-3H3/t12-/m1/s1. The van der Waals surface area contributed by atoms with E-state index in [1.54, 1.807) is 11.0 Å². The Morgan fingerprint density at radius 1 is 1.50 bits per heavy atom. The van der Waals surface area contributed by atoms with Crippen LogP contribution >= 0.6 is 0 Å². The molecule has 1 saturated heterocycles. The van der Waals surface area contributed by atoms with E-state index >= 15 is 0 Å². The van der Waals surface area contributed by atoms with Gasteiger partial charge >= 0.3 is 0 Å². The van der Waals surface area contributed by atoms with Crippen molar-refractivity contribution in [2.75, 3.05) is 27.2 Å². The van der Waals surface area contributed by atoms with E-state index < -0.39 is 15.3 Å². The molecule has 0 spiro atoms. The molecule has 0 N–H and O–H groups in total. The average molecular weight is 329 g/mol. The monoisotopic (exact) mass is 329 g/mol. The molecule has 1 aliphatic heterocycles. The third-order valence-electron chi connectivity index (χ3n) is 3.87. The highest BCUT2D eigenvalue weighted by atomic mass is 32.2. The molecule has 124 valence electrons. The molecule has 1 atom stereocenters. The predicted molar refractivity (Wildman–Crippen MR) is 82.0 cm³/mol. The summed E-state index contributed by atoms with van der Waals surface area (Å²) in [4.78, 5) is 14.0. The molecule has 22 heavy (non-hydrogen) atoms. The van der Waals surface area contributed by atoms with E-state index in [1.165, 1.54) is 18.4 Å². The van der Waals surface area contributed by atoms with Crippen molar-refractivity contribution < 1.29 is 17.7 Å². The summed E-state index contributed by atoms with van der Waals surface area (Å²) in [7, 11) is -0.319. The molecule has 7 nitrogen and oxygen atoms in total. The zero-order valence-corrected chi connectivity index (χ0v) is 14.1. The van der Waals surface area contributed by atoms with Crippen LogP contribution in [-0.2, 0) is 16.4 Å². The number of aromatic nitrogens is 1. The summed E-state index contributed by atoms with van der Waals surface area (Å²) in [5.74, 6) is 0.421. The second-order valence-electron chi connectivity index (χ2n) is 5.77. The largest absolute Gasteiger partial charge is 0.361 e. The van der Waals surface area contributed by atoms with Crippen LogP contribution in [-0.4, -0.2) is 61.1 Å². The number of nitrogens with zero attached hydrogens (tertiary/aromatic N) is 3. The number of rotatable bonds is 5. The van der Waals surface area contributed by atoms with Crippen molar-refractivity contribution in [3.8, 4) is 0 Å². The Morgan fingerprint density at radius 3 is 2.86 bits per heavy atom. The van der Waals surface area contributed by atoms with Gasteiger partial charge in [0.25, 0.3) is 5.91 Å². The summed E-state index contributed by atoms with van der Waals surface area (Å²) < 4.78 is 30.8. The van der Waals surface area contributed by atoms with Gasteiger partial charge in [0.15, 0.2) is 5.69 Å². The third kappa shape index (κ3) is 3.49. The zero-order chi connectivity index (χ0) is 16.3. The van der Waals surface area contributed by atoms with Gasteiger partial charge in [-0.2, -0.15) is 0 Å². The van der Waals surface area contributed by atoms with Crippen molar-refractivity contribution in [2.24, 2.45) is 0 Å². The molecule has 2 heterocycles. The lowest BCUT2D eigenvalue weighted by Crippen LogP contribution is -2.48. The van der Waals surface area contributed by atoms with Gasteiger partial charge in [0.1, 0.15) is 5.76 Å². The van der Waals surface area contributed by atoms with E-state index in [9.17, 15) is 13.2 Å². The van der Waals surface area contributed by atoms with Crippen molar-refractivity contribution in [1.29, 1.82) is 0 Å². The van der Waals surface area contributed by atoms with Crippen LogP contribution in [0.25, 0.3) is 0 Å². The minimum absolute atomic E-state index is 0.204. The quantitative estimate of drug-likeness (QED) is 0.808. The number of piperidine rings is 1. The number of likely N-dealkylation sites (tertiary alicyclic amines) is 1. The summed E-state index contributed by atoms with van der Waals surface area (Å²) in [6.07, 6.45) is 2.89. The lowest BCUT2D eigenvalue weighted by molar-refractivity contribution is 0.0715. The van der Waals surface area contributed by atoms with Crippen LogP contribution in [0.4, 0.5) is 0 Å². The summed E-state index contributed by atoms with van der Waals surface area (Å²) in [6, 6.07) is 1.65. The third-order valence-corrected chi connectivity index (χ3v) is 6.12. The zero-order valence-electron chi connectivity index (χ0n) is 13.3. The molecule has 1 aliphatic rings. The number of amides is 1. The second kappa shape index (κ2) is 6.78. The van der Waals surface area contributed by atoms with Gasteiger partial charge in [0.05, 0.1) is 5.25 Å². The average Bonchev–Trinajstić information content (AvgIpc) is 2.95. The normalized spacial score (nSPS) is 19.6. The molecule has 1 aromatic heterocycles. The van der Waals surface area contributed by atoms with Crippen molar-refractivity contribution in [3.05, 3.63) is 17.5 Å². The summed E-state index contributed by atoms with van der Waals surface area (Å²) in [5, 5.41) is 3.25. The van der Waals surface area contributed by atoms with Crippen molar-refractivity contribution >= 4 is 15.9 Å². The van der Waals surface area contributed by atoms with Crippen LogP contribution in [0.1, 0.15) is 42.4 Å². The summed E-state index contributed by atoms with van der Waals surface area (Å²) >= 11 is 0. The minimum Gasteiger partial charge on any atom is -0.361 e. The molecule has 0 radical (unpaired) electrons. The van der Waals surface area contributed by atoms with Gasteiger partial charge in [-0.25, -0.2) is 12.7 Å². The molecule has 1 amide bonds. The van der Waals surface area contributed by atoms with Crippen LogP contribution < -0.4 is 0 Å². The molecule has 2 rings (SSSR count). The van der Waals surface area contributed by atoms with Crippen LogP contribution in [0.15, 0.2) is 10.6 Å². The molecule has 0 unspecified atom stereocenters. The molecule has 0 saturated carbocycles. The number of carbonyl (C=O) groups is 1. The van der Waals surface area contributed by atoms with Gasteiger partial charge in [-0.1, -0.05) is 12.1 Å². The number of aryl methyl sites for hydroxylation is 1. The molecule has 1 fully saturated rings. The predicted octanol–water partition coefficient (Wildman–Crippen LogP) is 1.12. The van der Waals surface area contributed by atoms with Gasteiger partial charge in [0.2, 0.25) is 10.0 Å². The highest BCUT2D eigenvalue weighted by Crippen LogP contribution is 2.20. The van der Waals surface area contributed by atoms with Gasteiger partial charge in [-0.15, -0.1) is 0 Å². The van der Waals surface area contributed by atoms with Gasteiger partial charge in [-0.05, 0) is 19.3 Å². The van der Waals surface area contributed by atoms with Crippen LogP contribution in [0.2, 0.25) is 0 Å². The number of carbonyl (C=O) groups excluding carboxylic acids is 1. The van der Waals surface area contributed by atoms with Crippen LogP contribution in [0.3, 0.4) is 0 Å². The fraction of sp³-hybridized carbons (Fsp3) is 0.714. The Hall–Kier alpha value is -1.41.